The Bertz CT molecular complexity index is 843. The number of aliphatic hydroxyl groups excluding tert-OH is 1. The molecule has 0 aliphatic carbocycles. The normalized spacial score (nSPS) is 32.0. The SMILES string of the molecule is C=CCN(C)C(=O)[C@H]1[C@@H]2OC3(CC2Br)C(C(=O)N(CC=C)C(C)(C)C)N(CCCCO)C(=O)[C@H]13. The molecule has 0 aromatic carbocycles. The van der Waals surface area contributed by atoms with E-state index in [0.29, 0.717) is 38.9 Å². The van der Waals surface area contributed by atoms with Gasteiger partial charge in [-0.25, -0.2) is 0 Å². The van der Waals surface area contributed by atoms with Crippen molar-refractivity contribution in [3.05, 3.63) is 25.3 Å². The van der Waals surface area contributed by atoms with Crippen molar-refractivity contribution in [1.29, 1.82) is 0 Å². The van der Waals surface area contributed by atoms with Crippen molar-refractivity contribution in [3.63, 3.8) is 0 Å². The second kappa shape index (κ2) is 10.1. The number of aliphatic hydroxyl groups is 1. The number of rotatable bonds is 10. The molecule has 8 nitrogen and oxygen atoms in total. The lowest BCUT2D eigenvalue weighted by atomic mass is 9.70. The highest BCUT2D eigenvalue weighted by Gasteiger charge is 2.76. The first-order chi connectivity index (χ1) is 16.0. The minimum absolute atomic E-state index is 0.00923. The van der Waals surface area contributed by atoms with E-state index in [9.17, 15) is 19.5 Å². The third-order valence-corrected chi connectivity index (χ3v) is 8.13. The summed E-state index contributed by atoms with van der Waals surface area (Å²) in [7, 11) is 1.69. The maximum atomic E-state index is 14.1. The lowest BCUT2D eigenvalue weighted by Gasteiger charge is -2.42. The fraction of sp³-hybridized carbons (Fsp3) is 0.720. The number of carbonyl (C=O) groups excluding carboxylic acids is 3. The van der Waals surface area contributed by atoms with Crippen molar-refractivity contribution in [2.45, 2.75) is 68.1 Å². The van der Waals surface area contributed by atoms with Crippen LogP contribution in [0.25, 0.3) is 0 Å². The molecular weight excluding hydrogens is 502 g/mol. The number of ether oxygens (including phenoxy) is 1. The summed E-state index contributed by atoms with van der Waals surface area (Å²) in [5.41, 5.74) is -1.57. The van der Waals surface area contributed by atoms with Gasteiger partial charge < -0.3 is 24.5 Å². The quantitative estimate of drug-likeness (QED) is 0.260. The number of fused-ring (bicyclic) bond motifs is 1. The average molecular weight is 540 g/mol. The lowest BCUT2D eigenvalue weighted by Crippen LogP contribution is -2.60. The Balaban J connectivity index is 2.07. The van der Waals surface area contributed by atoms with Gasteiger partial charge in [-0.2, -0.15) is 0 Å². The fourth-order valence-electron chi connectivity index (χ4n) is 5.83. The van der Waals surface area contributed by atoms with E-state index < -0.39 is 35.1 Å². The monoisotopic (exact) mass is 539 g/mol. The van der Waals surface area contributed by atoms with Crippen LogP contribution in [-0.4, -0.2) is 98.9 Å². The first-order valence-corrected chi connectivity index (χ1v) is 12.9. The summed E-state index contributed by atoms with van der Waals surface area (Å²) in [6.45, 7) is 14.4. The van der Waals surface area contributed by atoms with Gasteiger partial charge in [0.2, 0.25) is 17.7 Å². The summed E-state index contributed by atoms with van der Waals surface area (Å²) in [5, 5.41) is 9.29. The third kappa shape index (κ3) is 4.35. The molecule has 0 aromatic heterocycles. The number of carbonyl (C=O) groups is 3. The van der Waals surface area contributed by atoms with Crippen LogP contribution in [-0.2, 0) is 19.1 Å². The van der Waals surface area contributed by atoms with E-state index >= 15 is 0 Å². The van der Waals surface area contributed by atoms with E-state index in [1.165, 1.54) is 0 Å². The van der Waals surface area contributed by atoms with Gasteiger partial charge in [0.1, 0.15) is 11.6 Å². The van der Waals surface area contributed by atoms with Gasteiger partial charge in [-0.3, -0.25) is 14.4 Å². The molecule has 3 unspecified atom stereocenters. The van der Waals surface area contributed by atoms with Crippen LogP contribution in [0.15, 0.2) is 25.3 Å². The summed E-state index contributed by atoms with van der Waals surface area (Å²) in [6, 6.07) is -0.838. The molecule has 3 amide bonds. The van der Waals surface area contributed by atoms with Gasteiger partial charge in [0.15, 0.2) is 0 Å². The van der Waals surface area contributed by atoms with Crippen LogP contribution >= 0.6 is 15.9 Å². The second-order valence-electron chi connectivity index (χ2n) is 10.5. The van der Waals surface area contributed by atoms with Gasteiger partial charge in [0, 0.05) is 43.7 Å². The fourth-order valence-corrected chi connectivity index (χ4v) is 6.78. The topological polar surface area (TPSA) is 90.4 Å². The van der Waals surface area contributed by atoms with Gasteiger partial charge >= 0.3 is 0 Å². The Kier molecular flexibility index (Phi) is 7.99. The van der Waals surface area contributed by atoms with Crippen molar-refractivity contribution < 1.29 is 24.2 Å². The van der Waals surface area contributed by atoms with E-state index in [-0.39, 0.29) is 29.2 Å². The van der Waals surface area contributed by atoms with Gasteiger partial charge in [0.25, 0.3) is 0 Å². The van der Waals surface area contributed by atoms with Crippen molar-refractivity contribution in [1.82, 2.24) is 14.7 Å². The minimum atomic E-state index is -1.08. The smallest absolute Gasteiger partial charge is 0.249 e. The molecule has 1 N–H and O–H groups in total. The summed E-state index contributed by atoms with van der Waals surface area (Å²) < 4.78 is 6.53. The molecule has 3 heterocycles. The number of hydrogen-bond donors (Lipinski definition) is 1. The molecule has 1 spiro atoms. The molecule has 2 bridgehead atoms. The standard InChI is InChI=1S/C25H38BrN3O5/c1-7-11-27(6)21(31)17-18-22(32)28(13-9-10-14-30)20(25(18)15-16(26)19(17)34-25)23(33)29(12-8-2)24(3,4)5/h7-8,16-20,30H,1-2,9-15H2,3-6H3/t16?,17-,18+,19-,20?,25?/m1/s1. The van der Waals surface area contributed by atoms with Crippen LogP contribution in [0.1, 0.15) is 40.0 Å². The molecule has 0 aromatic rings. The highest BCUT2D eigenvalue weighted by molar-refractivity contribution is 9.09. The molecule has 0 radical (unpaired) electrons. The Morgan fingerprint density at radius 3 is 2.44 bits per heavy atom. The van der Waals surface area contributed by atoms with Crippen molar-refractivity contribution in [3.8, 4) is 0 Å². The maximum absolute atomic E-state index is 14.1. The predicted molar refractivity (Wildman–Crippen MR) is 133 cm³/mol. The Morgan fingerprint density at radius 2 is 1.88 bits per heavy atom. The van der Waals surface area contributed by atoms with Gasteiger partial charge in [-0.1, -0.05) is 28.1 Å². The summed E-state index contributed by atoms with van der Waals surface area (Å²) >= 11 is 3.69. The molecule has 3 saturated heterocycles. The third-order valence-electron chi connectivity index (χ3n) is 7.28. The van der Waals surface area contributed by atoms with E-state index in [0.717, 1.165) is 0 Å². The molecule has 3 rings (SSSR count). The molecule has 3 aliphatic heterocycles. The van der Waals surface area contributed by atoms with Crippen LogP contribution in [0.4, 0.5) is 0 Å². The highest BCUT2D eigenvalue weighted by atomic mass is 79.9. The van der Waals surface area contributed by atoms with E-state index in [1.807, 2.05) is 20.8 Å². The first kappa shape index (κ1) is 26.9. The molecule has 3 fully saturated rings. The van der Waals surface area contributed by atoms with E-state index in [1.54, 1.807) is 33.9 Å². The Morgan fingerprint density at radius 1 is 1.24 bits per heavy atom. The van der Waals surface area contributed by atoms with Gasteiger partial charge in [-0.15, -0.1) is 13.2 Å². The van der Waals surface area contributed by atoms with Crippen molar-refractivity contribution in [2.75, 3.05) is 33.3 Å². The number of likely N-dealkylation sites (tertiary alicyclic amines) is 1. The van der Waals surface area contributed by atoms with Crippen molar-refractivity contribution in [2.24, 2.45) is 11.8 Å². The zero-order chi connectivity index (χ0) is 25.4. The number of unbranched alkanes of at least 4 members (excludes halogenated alkanes) is 1. The van der Waals surface area contributed by atoms with Crippen LogP contribution in [0, 0.1) is 11.8 Å². The van der Waals surface area contributed by atoms with E-state index in [2.05, 4.69) is 29.1 Å². The number of alkyl halides is 1. The van der Waals surface area contributed by atoms with Gasteiger partial charge in [0.05, 0.1) is 17.9 Å². The first-order valence-electron chi connectivity index (χ1n) is 12.0. The van der Waals surface area contributed by atoms with Crippen LogP contribution in [0.5, 0.6) is 0 Å². The van der Waals surface area contributed by atoms with E-state index in [4.69, 9.17) is 4.74 Å². The molecule has 34 heavy (non-hydrogen) atoms. The van der Waals surface area contributed by atoms with Crippen LogP contribution < -0.4 is 0 Å². The number of hydrogen-bond acceptors (Lipinski definition) is 5. The molecular formula is C25H38BrN3O5. The molecule has 6 atom stereocenters. The number of amides is 3. The summed E-state index contributed by atoms with van der Waals surface area (Å²) in [4.78, 5) is 46.3. The summed E-state index contributed by atoms with van der Waals surface area (Å²) in [6.07, 6.45) is 4.40. The second-order valence-corrected chi connectivity index (χ2v) is 11.7. The number of nitrogens with zero attached hydrogens (tertiary/aromatic N) is 3. The zero-order valence-electron chi connectivity index (χ0n) is 20.7. The molecule has 190 valence electrons. The minimum Gasteiger partial charge on any atom is -0.396 e. The number of halogens is 1. The van der Waals surface area contributed by atoms with Crippen LogP contribution in [0.3, 0.4) is 0 Å². The maximum Gasteiger partial charge on any atom is 0.249 e. The lowest BCUT2D eigenvalue weighted by molar-refractivity contribution is -0.151. The average Bonchev–Trinajstić information content (AvgIpc) is 3.34. The van der Waals surface area contributed by atoms with Crippen molar-refractivity contribution >= 4 is 33.7 Å². The predicted octanol–water partition coefficient (Wildman–Crippen LogP) is 1.96. The van der Waals surface area contributed by atoms with Gasteiger partial charge in [-0.05, 0) is 40.0 Å². The molecule has 3 aliphatic rings. The molecule has 0 saturated carbocycles. The largest absolute Gasteiger partial charge is 0.396 e. The Labute approximate surface area is 211 Å². The zero-order valence-corrected chi connectivity index (χ0v) is 22.3. The van der Waals surface area contributed by atoms with Crippen LogP contribution in [0.2, 0.25) is 0 Å². The Hall–Kier alpha value is -1.71. The highest BCUT2D eigenvalue weighted by Crippen LogP contribution is 2.60. The summed E-state index contributed by atoms with van der Waals surface area (Å²) in [5.74, 6) is -1.97. The molecule has 9 heteroatoms. The number of likely N-dealkylation sites (N-methyl/N-ethyl adjacent to an activating group) is 1.